The van der Waals surface area contributed by atoms with E-state index in [9.17, 15) is 24.8 Å². The van der Waals surface area contributed by atoms with Crippen LogP contribution in [0.5, 0.6) is 5.75 Å². The Hall–Kier alpha value is -5.31. The molecule has 1 N–H and O–H groups in total. The summed E-state index contributed by atoms with van der Waals surface area (Å²) in [5.74, 6) is -1.35. The van der Waals surface area contributed by atoms with Crippen molar-refractivity contribution < 1.29 is 24.4 Å². The molecule has 1 amide bonds. The summed E-state index contributed by atoms with van der Waals surface area (Å²) in [7, 11) is 0. The quantitative estimate of drug-likeness (QED) is 0.104. The zero-order valence-corrected chi connectivity index (χ0v) is 21.6. The Bertz CT molecular complexity index is 1600. The third kappa shape index (κ3) is 5.30. The molecular weight excluding hydrogens is 510 g/mol. The molecule has 3 aromatic carbocycles. The second-order valence-corrected chi connectivity index (χ2v) is 9.39. The fourth-order valence-electron chi connectivity index (χ4n) is 4.71. The summed E-state index contributed by atoms with van der Waals surface area (Å²) in [6.07, 6.45) is 3.19. The molecule has 0 unspecified atom stereocenters. The first-order valence-electron chi connectivity index (χ1n) is 12.5. The lowest BCUT2D eigenvalue weighted by Gasteiger charge is -2.25. The number of aryl methyl sites for hydroxylation is 1. The molecule has 9 nitrogen and oxygen atoms in total. The van der Waals surface area contributed by atoms with E-state index in [-0.39, 0.29) is 23.6 Å². The lowest BCUT2D eigenvalue weighted by Crippen LogP contribution is -2.29. The maximum Gasteiger partial charge on any atom is 0.295 e. The number of carbonyl (C=O) groups excluding carboxylic acids is 2. The molecule has 0 bridgehead atoms. The van der Waals surface area contributed by atoms with Crippen LogP contribution < -0.4 is 4.74 Å². The molecule has 200 valence electrons. The second kappa shape index (κ2) is 11.2. The number of hydrogen-bond acceptors (Lipinski definition) is 7. The zero-order chi connectivity index (χ0) is 28.2. The van der Waals surface area contributed by atoms with Crippen LogP contribution in [0, 0.1) is 17.0 Å². The van der Waals surface area contributed by atoms with Crippen molar-refractivity contribution in [1.82, 2.24) is 9.88 Å². The lowest BCUT2D eigenvalue weighted by molar-refractivity contribution is -0.384. The van der Waals surface area contributed by atoms with Crippen molar-refractivity contribution >= 4 is 23.1 Å². The normalized spacial score (nSPS) is 16.2. The molecule has 1 saturated heterocycles. The number of nitro groups is 1. The van der Waals surface area contributed by atoms with Crippen LogP contribution in [0.15, 0.2) is 103 Å². The minimum atomic E-state index is -0.963. The molecule has 9 heteroatoms. The summed E-state index contributed by atoms with van der Waals surface area (Å²) in [6.45, 7) is 2.25. The number of pyridine rings is 1. The molecule has 40 heavy (non-hydrogen) atoms. The number of hydrogen-bond donors (Lipinski definition) is 1. The van der Waals surface area contributed by atoms with Gasteiger partial charge in [0.1, 0.15) is 18.1 Å². The van der Waals surface area contributed by atoms with Crippen LogP contribution in [0.25, 0.3) is 5.76 Å². The number of likely N-dealkylation sites (tertiary alicyclic amines) is 1. The van der Waals surface area contributed by atoms with Gasteiger partial charge in [0.05, 0.1) is 16.5 Å². The maximum absolute atomic E-state index is 13.3. The molecule has 1 aliphatic rings. The van der Waals surface area contributed by atoms with E-state index in [0.29, 0.717) is 29.0 Å². The molecular formula is C31H25N3O6. The van der Waals surface area contributed by atoms with Gasteiger partial charge in [0, 0.05) is 36.6 Å². The molecule has 0 saturated carbocycles. The number of ketones is 1. The average molecular weight is 536 g/mol. The SMILES string of the molecule is Cc1cc(C(O)=C2C(=O)C(=O)N(Cc3cccnc3)[C@@H]2c2ccc([N+](=O)[O-])cc2)ccc1OCc1ccccc1. The van der Waals surface area contributed by atoms with E-state index in [2.05, 4.69) is 4.98 Å². The fourth-order valence-corrected chi connectivity index (χ4v) is 4.71. The second-order valence-electron chi connectivity index (χ2n) is 9.39. The molecule has 0 aliphatic carbocycles. The summed E-state index contributed by atoms with van der Waals surface area (Å²) < 4.78 is 5.94. The molecule has 0 spiro atoms. The van der Waals surface area contributed by atoms with Gasteiger partial charge in [0.25, 0.3) is 17.4 Å². The summed E-state index contributed by atoms with van der Waals surface area (Å²) in [4.78, 5) is 42.7. The van der Waals surface area contributed by atoms with Gasteiger partial charge in [-0.2, -0.15) is 0 Å². The Morgan fingerprint density at radius 1 is 1.00 bits per heavy atom. The standard InChI is InChI=1S/C31H25N3O6/c1-20-16-24(11-14-26(20)40-19-21-6-3-2-4-7-21)29(35)27-28(23-9-12-25(13-10-23)34(38)39)33(31(37)30(27)36)18-22-8-5-15-32-17-22/h2-17,28,35H,18-19H2,1H3/t28-/m1/s1. The highest BCUT2D eigenvalue weighted by Gasteiger charge is 2.46. The number of nitro benzene ring substituents is 1. The Kier molecular flexibility index (Phi) is 7.37. The topological polar surface area (TPSA) is 123 Å². The van der Waals surface area contributed by atoms with Gasteiger partial charge in [0.15, 0.2) is 0 Å². The molecule has 1 fully saturated rings. The van der Waals surface area contributed by atoms with E-state index in [4.69, 9.17) is 4.74 Å². The maximum atomic E-state index is 13.3. The number of aromatic nitrogens is 1. The van der Waals surface area contributed by atoms with Crippen molar-refractivity contribution in [3.8, 4) is 5.75 Å². The smallest absolute Gasteiger partial charge is 0.295 e. The zero-order valence-electron chi connectivity index (χ0n) is 21.6. The summed E-state index contributed by atoms with van der Waals surface area (Å²) in [6, 6.07) is 22.9. The van der Waals surface area contributed by atoms with Crippen molar-refractivity contribution in [1.29, 1.82) is 0 Å². The van der Waals surface area contributed by atoms with E-state index in [0.717, 1.165) is 11.1 Å². The van der Waals surface area contributed by atoms with Crippen LogP contribution in [-0.2, 0) is 22.7 Å². The first-order chi connectivity index (χ1) is 19.3. The molecule has 1 atom stereocenters. The van der Waals surface area contributed by atoms with E-state index in [1.807, 2.05) is 37.3 Å². The number of non-ortho nitro benzene ring substituents is 1. The van der Waals surface area contributed by atoms with Crippen LogP contribution in [0.2, 0.25) is 0 Å². The van der Waals surface area contributed by atoms with Crippen LogP contribution in [0.3, 0.4) is 0 Å². The Labute approximate surface area is 230 Å². The summed E-state index contributed by atoms with van der Waals surface area (Å²) >= 11 is 0. The monoisotopic (exact) mass is 535 g/mol. The van der Waals surface area contributed by atoms with E-state index < -0.39 is 22.7 Å². The first-order valence-corrected chi connectivity index (χ1v) is 12.5. The molecule has 2 heterocycles. The Morgan fingerprint density at radius 2 is 1.73 bits per heavy atom. The number of aliphatic hydroxyl groups excluding tert-OH is 1. The summed E-state index contributed by atoms with van der Waals surface area (Å²) in [5.41, 5.74) is 2.99. The molecule has 5 rings (SSSR count). The number of amides is 1. The van der Waals surface area contributed by atoms with Gasteiger partial charge < -0.3 is 14.7 Å². The number of ether oxygens (including phenoxy) is 1. The average Bonchev–Trinajstić information content (AvgIpc) is 3.22. The van der Waals surface area contributed by atoms with Crippen LogP contribution in [0.1, 0.15) is 33.9 Å². The molecule has 0 radical (unpaired) electrons. The Balaban J connectivity index is 1.53. The van der Waals surface area contributed by atoms with Gasteiger partial charge in [-0.1, -0.05) is 36.4 Å². The van der Waals surface area contributed by atoms with Gasteiger partial charge in [-0.05, 0) is 65.6 Å². The number of benzene rings is 3. The van der Waals surface area contributed by atoms with Crippen LogP contribution in [-0.4, -0.2) is 31.6 Å². The highest BCUT2D eigenvalue weighted by atomic mass is 16.6. The van der Waals surface area contributed by atoms with Crippen molar-refractivity contribution in [3.05, 3.63) is 141 Å². The molecule has 4 aromatic rings. The van der Waals surface area contributed by atoms with E-state index >= 15 is 0 Å². The number of Topliss-reactive ketones (excluding diaryl/α,β-unsaturated/α-hetero) is 1. The predicted octanol–water partition coefficient (Wildman–Crippen LogP) is 5.50. The highest BCUT2D eigenvalue weighted by Crippen LogP contribution is 2.41. The first kappa shape index (κ1) is 26.3. The van der Waals surface area contributed by atoms with Crippen molar-refractivity contribution in [2.24, 2.45) is 0 Å². The van der Waals surface area contributed by atoms with Crippen LogP contribution in [0.4, 0.5) is 5.69 Å². The predicted molar refractivity (Wildman–Crippen MR) is 147 cm³/mol. The summed E-state index contributed by atoms with van der Waals surface area (Å²) in [5, 5.41) is 22.6. The number of rotatable bonds is 8. The van der Waals surface area contributed by atoms with E-state index in [1.165, 1.54) is 29.2 Å². The van der Waals surface area contributed by atoms with Gasteiger partial charge in [-0.3, -0.25) is 24.7 Å². The third-order valence-electron chi connectivity index (χ3n) is 6.72. The fraction of sp³-hybridized carbons (Fsp3) is 0.129. The Morgan fingerprint density at radius 3 is 2.38 bits per heavy atom. The van der Waals surface area contributed by atoms with E-state index in [1.54, 1.807) is 42.7 Å². The van der Waals surface area contributed by atoms with Crippen molar-refractivity contribution in [2.45, 2.75) is 26.1 Å². The van der Waals surface area contributed by atoms with Crippen LogP contribution >= 0.6 is 0 Å². The lowest BCUT2D eigenvalue weighted by atomic mass is 9.94. The third-order valence-corrected chi connectivity index (χ3v) is 6.72. The van der Waals surface area contributed by atoms with Gasteiger partial charge in [-0.15, -0.1) is 0 Å². The number of carbonyl (C=O) groups is 2. The number of aliphatic hydroxyl groups is 1. The molecule has 1 aromatic heterocycles. The minimum Gasteiger partial charge on any atom is -0.507 e. The highest BCUT2D eigenvalue weighted by molar-refractivity contribution is 6.46. The van der Waals surface area contributed by atoms with Gasteiger partial charge >= 0.3 is 0 Å². The number of nitrogens with zero attached hydrogens (tertiary/aromatic N) is 3. The van der Waals surface area contributed by atoms with Gasteiger partial charge in [0.2, 0.25) is 0 Å². The minimum absolute atomic E-state index is 0.0577. The molecule has 1 aliphatic heterocycles. The van der Waals surface area contributed by atoms with Gasteiger partial charge in [-0.25, -0.2) is 0 Å². The largest absolute Gasteiger partial charge is 0.507 e. The van der Waals surface area contributed by atoms with Crippen molar-refractivity contribution in [3.63, 3.8) is 0 Å². The van der Waals surface area contributed by atoms with Crippen molar-refractivity contribution in [2.75, 3.05) is 0 Å².